The van der Waals surface area contributed by atoms with Crippen LogP contribution in [0.1, 0.15) is 83.9 Å². The molecule has 0 heterocycles. The number of carbonyl (C=O) groups excluding carboxylic acids is 1. The van der Waals surface area contributed by atoms with Crippen LogP contribution in [0.25, 0.3) is 6.08 Å². The van der Waals surface area contributed by atoms with Crippen LogP contribution in [-0.2, 0) is 0 Å². The number of carbonyl (C=O) groups is 2. The summed E-state index contributed by atoms with van der Waals surface area (Å²) in [4.78, 5) is 25.5. The van der Waals surface area contributed by atoms with E-state index in [1.807, 2.05) is 49.9 Å². The van der Waals surface area contributed by atoms with Crippen LogP contribution < -0.4 is 4.74 Å². The van der Waals surface area contributed by atoms with Crippen molar-refractivity contribution in [3.63, 3.8) is 0 Å². The number of thioether (sulfide) groups is 1. The third-order valence-corrected chi connectivity index (χ3v) is 6.23. The number of unbranched alkanes of at least 4 members (excludes halogenated alkanes) is 3. The lowest BCUT2D eigenvalue weighted by Gasteiger charge is -2.18. The first-order chi connectivity index (χ1) is 15.2. The molecule has 2 aromatic rings. The van der Waals surface area contributed by atoms with E-state index in [2.05, 4.69) is 6.92 Å². The minimum Gasteiger partial charge on any atom is -0.490 e. The van der Waals surface area contributed by atoms with Crippen LogP contribution in [0.2, 0.25) is 0 Å². The highest BCUT2D eigenvalue weighted by Gasteiger charge is 2.19. The molecule has 0 aromatic heterocycles. The highest BCUT2D eigenvalue weighted by molar-refractivity contribution is 7.99. The fourth-order valence-electron chi connectivity index (χ4n) is 3.54. The van der Waals surface area contributed by atoms with Crippen molar-refractivity contribution in [2.75, 3.05) is 5.75 Å². The van der Waals surface area contributed by atoms with Crippen LogP contribution in [0.3, 0.4) is 0 Å². The topological polar surface area (TPSA) is 63.6 Å². The van der Waals surface area contributed by atoms with Crippen LogP contribution >= 0.6 is 11.8 Å². The predicted molar refractivity (Wildman–Crippen MR) is 133 cm³/mol. The predicted octanol–water partition coefficient (Wildman–Crippen LogP) is 7.36. The van der Waals surface area contributed by atoms with Gasteiger partial charge in [-0.15, -0.1) is 11.8 Å². The van der Waals surface area contributed by atoms with Crippen LogP contribution in [0, 0.1) is 13.8 Å². The lowest BCUT2D eigenvalue weighted by Crippen LogP contribution is -2.12. The van der Waals surface area contributed by atoms with E-state index in [-0.39, 0.29) is 17.5 Å². The second kappa shape index (κ2) is 12.5. The fourth-order valence-corrected chi connectivity index (χ4v) is 4.45. The number of ketones is 1. The molecule has 0 unspecified atom stereocenters. The summed E-state index contributed by atoms with van der Waals surface area (Å²) in [6.45, 7) is 9.49. The van der Waals surface area contributed by atoms with Crippen molar-refractivity contribution >= 4 is 29.6 Å². The quantitative estimate of drug-likeness (QED) is 0.157. The molecule has 0 fully saturated rings. The summed E-state index contributed by atoms with van der Waals surface area (Å²) >= 11 is 1.82. The summed E-state index contributed by atoms with van der Waals surface area (Å²) < 4.78 is 5.91. The molecule has 0 bridgehead atoms. The Hall–Kier alpha value is -2.53. The van der Waals surface area contributed by atoms with E-state index in [0.29, 0.717) is 28.0 Å². The largest absolute Gasteiger partial charge is 0.490 e. The third-order valence-electron chi connectivity index (χ3n) is 5.13. The first-order valence-corrected chi connectivity index (χ1v) is 12.2. The molecule has 0 saturated heterocycles. The fraction of sp³-hybridized carbons (Fsp3) is 0.407. The second-order valence-electron chi connectivity index (χ2n) is 8.21. The molecule has 2 rings (SSSR count). The number of aromatic carboxylic acids is 1. The number of rotatable bonds is 12. The number of ether oxygens (including phenoxy) is 1. The summed E-state index contributed by atoms with van der Waals surface area (Å²) in [6.07, 6.45) is 8.11. The molecule has 0 radical (unpaired) electrons. The van der Waals surface area contributed by atoms with Crippen molar-refractivity contribution < 1.29 is 19.4 Å². The van der Waals surface area contributed by atoms with E-state index in [0.717, 1.165) is 5.75 Å². The molecule has 1 N–H and O–H groups in total. The van der Waals surface area contributed by atoms with E-state index in [1.165, 1.54) is 36.7 Å². The SMILES string of the molecule is CCCCCCSc1ccc(C(=O)C=Cc2cc(C)c(C(=O)O)c(C)c2OC(C)C)cc1. The molecule has 0 aliphatic heterocycles. The molecule has 0 aliphatic rings. The number of allylic oxidation sites excluding steroid dienone is 1. The molecule has 32 heavy (non-hydrogen) atoms. The molecule has 0 saturated carbocycles. The molecule has 0 aliphatic carbocycles. The van der Waals surface area contributed by atoms with Crippen molar-refractivity contribution in [1.82, 2.24) is 0 Å². The minimum absolute atomic E-state index is 0.0994. The van der Waals surface area contributed by atoms with Gasteiger partial charge in [-0.25, -0.2) is 4.79 Å². The lowest BCUT2D eigenvalue weighted by molar-refractivity contribution is 0.0694. The zero-order valence-corrected chi connectivity index (χ0v) is 20.6. The molecule has 172 valence electrons. The Bertz CT molecular complexity index is 959. The Balaban J connectivity index is 2.16. The highest BCUT2D eigenvalue weighted by atomic mass is 32.2. The molecule has 0 spiro atoms. The van der Waals surface area contributed by atoms with Crippen LogP contribution in [0.15, 0.2) is 41.3 Å². The smallest absolute Gasteiger partial charge is 0.336 e. The maximum absolute atomic E-state index is 12.7. The number of benzene rings is 2. The molecule has 2 aromatic carbocycles. The van der Waals surface area contributed by atoms with Gasteiger partial charge in [0.05, 0.1) is 11.7 Å². The highest BCUT2D eigenvalue weighted by Crippen LogP contribution is 2.32. The van der Waals surface area contributed by atoms with Gasteiger partial charge in [-0.2, -0.15) is 0 Å². The zero-order valence-electron chi connectivity index (χ0n) is 19.7. The molecular formula is C27H34O4S. The van der Waals surface area contributed by atoms with Gasteiger partial charge in [0.25, 0.3) is 0 Å². The Kier molecular flexibility index (Phi) is 10.0. The Morgan fingerprint density at radius 1 is 1.09 bits per heavy atom. The van der Waals surface area contributed by atoms with Gasteiger partial charge < -0.3 is 9.84 Å². The lowest BCUT2D eigenvalue weighted by atomic mass is 9.97. The second-order valence-corrected chi connectivity index (χ2v) is 9.38. The van der Waals surface area contributed by atoms with E-state index >= 15 is 0 Å². The minimum atomic E-state index is -0.983. The van der Waals surface area contributed by atoms with Gasteiger partial charge in [0.15, 0.2) is 5.78 Å². The Labute approximate surface area is 196 Å². The van der Waals surface area contributed by atoms with Gasteiger partial charge in [-0.1, -0.05) is 26.2 Å². The maximum Gasteiger partial charge on any atom is 0.336 e. The van der Waals surface area contributed by atoms with E-state index in [9.17, 15) is 14.7 Å². The Morgan fingerprint density at radius 2 is 1.78 bits per heavy atom. The van der Waals surface area contributed by atoms with Gasteiger partial charge in [0.1, 0.15) is 5.75 Å². The third kappa shape index (κ3) is 7.27. The normalized spacial score (nSPS) is 11.3. The number of carboxylic acids is 1. The summed E-state index contributed by atoms with van der Waals surface area (Å²) in [5, 5.41) is 9.55. The average Bonchev–Trinajstić information content (AvgIpc) is 2.74. The zero-order chi connectivity index (χ0) is 23.7. The van der Waals surface area contributed by atoms with Crippen molar-refractivity contribution in [3.05, 3.63) is 64.2 Å². The van der Waals surface area contributed by atoms with Gasteiger partial charge in [-0.05, 0) is 87.9 Å². The number of hydrogen-bond acceptors (Lipinski definition) is 4. The maximum atomic E-state index is 12.7. The molecule has 0 atom stereocenters. The van der Waals surface area contributed by atoms with Crippen molar-refractivity contribution in [2.24, 2.45) is 0 Å². The van der Waals surface area contributed by atoms with Gasteiger partial charge in [0, 0.05) is 21.6 Å². The van der Waals surface area contributed by atoms with Gasteiger partial charge in [0.2, 0.25) is 0 Å². The number of carboxylic acid groups (broad SMARTS) is 1. The van der Waals surface area contributed by atoms with Crippen molar-refractivity contribution in [1.29, 1.82) is 0 Å². The van der Waals surface area contributed by atoms with E-state index < -0.39 is 5.97 Å². The van der Waals surface area contributed by atoms with Gasteiger partial charge in [-0.3, -0.25) is 4.79 Å². The number of aryl methyl sites for hydroxylation is 1. The molecule has 5 heteroatoms. The first-order valence-electron chi connectivity index (χ1n) is 11.2. The molecule has 0 amide bonds. The van der Waals surface area contributed by atoms with E-state index in [4.69, 9.17) is 4.74 Å². The summed E-state index contributed by atoms with van der Waals surface area (Å²) in [6, 6.07) is 9.47. The van der Waals surface area contributed by atoms with Crippen LogP contribution in [0.4, 0.5) is 0 Å². The van der Waals surface area contributed by atoms with E-state index in [1.54, 1.807) is 26.0 Å². The molecular weight excluding hydrogens is 420 g/mol. The Morgan fingerprint density at radius 3 is 2.38 bits per heavy atom. The monoisotopic (exact) mass is 454 g/mol. The van der Waals surface area contributed by atoms with Crippen molar-refractivity contribution in [2.45, 2.75) is 71.3 Å². The van der Waals surface area contributed by atoms with Gasteiger partial charge >= 0.3 is 5.97 Å². The summed E-state index contributed by atoms with van der Waals surface area (Å²) in [5.74, 6) is 0.514. The molecule has 4 nitrogen and oxygen atoms in total. The van der Waals surface area contributed by atoms with Crippen LogP contribution in [-0.4, -0.2) is 28.7 Å². The van der Waals surface area contributed by atoms with Crippen LogP contribution in [0.5, 0.6) is 5.75 Å². The summed E-state index contributed by atoms with van der Waals surface area (Å²) in [7, 11) is 0. The standard InChI is InChI=1S/C27H34O4S/c1-6-7-8-9-16-32-23-13-10-21(11-14-23)24(28)15-12-22-17-19(4)25(27(29)30)20(5)26(22)31-18(2)3/h10-15,17-18H,6-9,16H2,1-5H3,(H,29,30). The summed E-state index contributed by atoms with van der Waals surface area (Å²) in [5.41, 5.74) is 2.77. The first kappa shape index (κ1) is 25.7. The average molecular weight is 455 g/mol. The van der Waals surface area contributed by atoms with Crippen molar-refractivity contribution in [3.8, 4) is 5.75 Å². The number of hydrogen-bond donors (Lipinski definition) is 1.